The fourth-order valence-corrected chi connectivity index (χ4v) is 2.90. The fourth-order valence-electron chi connectivity index (χ4n) is 2.36. The summed E-state index contributed by atoms with van der Waals surface area (Å²) in [7, 11) is 1.56. The minimum Gasteiger partial charge on any atom is -0.496 e. The maximum atomic E-state index is 12.7. The summed E-state index contributed by atoms with van der Waals surface area (Å²) in [5.41, 5.74) is 0.608. The van der Waals surface area contributed by atoms with Gasteiger partial charge in [-0.2, -0.15) is 0 Å². The number of esters is 1. The van der Waals surface area contributed by atoms with Crippen molar-refractivity contribution in [3.8, 4) is 22.8 Å². The zero-order valence-corrected chi connectivity index (χ0v) is 14.5. The number of halogens is 1. The average molecular weight is 389 g/mol. The molecule has 6 heteroatoms. The van der Waals surface area contributed by atoms with Gasteiger partial charge in [-0.25, -0.2) is 0 Å². The number of carbonyl (C=O) groups is 1. The predicted octanol–water partition coefficient (Wildman–Crippen LogP) is 4.16. The molecular formula is C18H13BrO5. The molecular weight excluding hydrogens is 376 g/mol. The minimum absolute atomic E-state index is 0.127. The van der Waals surface area contributed by atoms with Crippen LogP contribution in [0.3, 0.4) is 0 Å². The molecule has 1 aromatic heterocycles. The van der Waals surface area contributed by atoms with Gasteiger partial charge in [0.05, 0.1) is 17.0 Å². The molecule has 0 spiro atoms. The number of fused-ring (bicyclic) bond motifs is 1. The van der Waals surface area contributed by atoms with Crippen molar-refractivity contribution in [2.24, 2.45) is 0 Å². The number of para-hydroxylation sites is 1. The summed E-state index contributed by atoms with van der Waals surface area (Å²) < 4.78 is 16.9. The Morgan fingerprint density at radius 3 is 2.58 bits per heavy atom. The van der Waals surface area contributed by atoms with Crippen molar-refractivity contribution in [1.82, 2.24) is 0 Å². The average Bonchev–Trinajstić information content (AvgIpc) is 2.57. The first-order valence-corrected chi connectivity index (χ1v) is 7.88. The Kier molecular flexibility index (Phi) is 4.40. The number of methoxy groups -OCH3 is 1. The van der Waals surface area contributed by atoms with Gasteiger partial charge in [0.25, 0.3) is 0 Å². The van der Waals surface area contributed by atoms with Gasteiger partial charge in [-0.15, -0.1) is 0 Å². The van der Waals surface area contributed by atoms with E-state index in [1.54, 1.807) is 49.6 Å². The van der Waals surface area contributed by atoms with E-state index in [2.05, 4.69) is 15.9 Å². The normalized spacial score (nSPS) is 10.6. The van der Waals surface area contributed by atoms with E-state index in [1.165, 1.54) is 6.92 Å². The predicted molar refractivity (Wildman–Crippen MR) is 93.5 cm³/mol. The van der Waals surface area contributed by atoms with Crippen molar-refractivity contribution >= 4 is 32.9 Å². The Morgan fingerprint density at radius 1 is 1.17 bits per heavy atom. The summed E-state index contributed by atoms with van der Waals surface area (Å²) in [6, 6.07) is 12.0. The molecule has 0 aliphatic heterocycles. The third kappa shape index (κ3) is 2.92. The molecule has 3 rings (SSSR count). The zero-order chi connectivity index (χ0) is 17.3. The van der Waals surface area contributed by atoms with Crippen LogP contribution in [0.4, 0.5) is 0 Å². The highest BCUT2D eigenvalue weighted by atomic mass is 79.9. The van der Waals surface area contributed by atoms with Crippen LogP contribution in [0.1, 0.15) is 6.92 Å². The van der Waals surface area contributed by atoms with Crippen LogP contribution >= 0.6 is 15.9 Å². The minimum atomic E-state index is -0.591. The molecule has 0 atom stereocenters. The third-order valence-electron chi connectivity index (χ3n) is 3.42. The second-order valence-electron chi connectivity index (χ2n) is 5.03. The van der Waals surface area contributed by atoms with Crippen molar-refractivity contribution in [1.29, 1.82) is 0 Å². The van der Waals surface area contributed by atoms with E-state index in [9.17, 15) is 9.59 Å². The summed E-state index contributed by atoms with van der Waals surface area (Å²) >= 11 is 3.40. The highest BCUT2D eigenvalue weighted by Crippen LogP contribution is 2.35. The fraction of sp³-hybridized carbons (Fsp3) is 0.111. The molecule has 122 valence electrons. The highest BCUT2D eigenvalue weighted by Gasteiger charge is 2.19. The molecule has 0 unspecified atom stereocenters. The van der Waals surface area contributed by atoms with Gasteiger partial charge >= 0.3 is 5.97 Å². The van der Waals surface area contributed by atoms with Gasteiger partial charge in [0.15, 0.2) is 5.76 Å². The smallest absolute Gasteiger partial charge is 0.308 e. The van der Waals surface area contributed by atoms with Crippen LogP contribution in [0, 0.1) is 0 Å². The zero-order valence-electron chi connectivity index (χ0n) is 13.0. The summed E-state index contributed by atoms with van der Waals surface area (Å²) in [4.78, 5) is 24.1. The van der Waals surface area contributed by atoms with Crippen molar-refractivity contribution in [3.05, 3.63) is 57.2 Å². The van der Waals surface area contributed by atoms with Crippen molar-refractivity contribution in [3.63, 3.8) is 0 Å². The Balaban J connectivity index is 2.31. The van der Waals surface area contributed by atoms with Crippen LogP contribution in [-0.4, -0.2) is 13.1 Å². The molecule has 0 saturated heterocycles. The monoisotopic (exact) mass is 388 g/mol. The van der Waals surface area contributed by atoms with Crippen LogP contribution in [0.25, 0.3) is 22.3 Å². The van der Waals surface area contributed by atoms with Crippen molar-refractivity contribution in [2.45, 2.75) is 6.92 Å². The lowest BCUT2D eigenvalue weighted by Gasteiger charge is -2.11. The molecule has 0 N–H and O–H groups in total. The van der Waals surface area contributed by atoms with Gasteiger partial charge in [0.2, 0.25) is 11.2 Å². The highest BCUT2D eigenvalue weighted by molar-refractivity contribution is 9.10. The van der Waals surface area contributed by atoms with Gasteiger partial charge in [0, 0.05) is 12.5 Å². The lowest BCUT2D eigenvalue weighted by atomic mass is 10.1. The Bertz CT molecular complexity index is 990. The standard InChI is InChI=1S/C18H13BrO5/c1-10(20)23-18-16(21)12-5-3-4-6-14(12)24-17(18)11-7-8-15(22-2)13(19)9-11/h3-9H,1-2H3. The van der Waals surface area contributed by atoms with Gasteiger partial charge < -0.3 is 13.9 Å². The second kappa shape index (κ2) is 6.49. The van der Waals surface area contributed by atoms with Gasteiger partial charge in [0.1, 0.15) is 11.3 Å². The van der Waals surface area contributed by atoms with E-state index in [0.717, 1.165) is 0 Å². The number of hydrogen-bond acceptors (Lipinski definition) is 5. The maximum Gasteiger partial charge on any atom is 0.308 e. The topological polar surface area (TPSA) is 65.7 Å². The molecule has 3 aromatic rings. The molecule has 1 heterocycles. The second-order valence-corrected chi connectivity index (χ2v) is 5.88. The van der Waals surface area contributed by atoms with E-state index >= 15 is 0 Å². The lowest BCUT2D eigenvalue weighted by molar-refractivity contribution is -0.131. The summed E-state index contributed by atoms with van der Waals surface area (Å²) in [6.07, 6.45) is 0. The number of hydrogen-bond donors (Lipinski definition) is 0. The molecule has 2 aromatic carbocycles. The molecule has 0 aliphatic rings. The SMILES string of the molecule is COc1ccc(-c2oc3ccccc3c(=O)c2OC(C)=O)cc1Br. The number of rotatable bonds is 3. The van der Waals surface area contributed by atoms with Crippen LogP contribution in [0.15, 0.2) is 56.1 Å². The molecule has 0 bridgehead atoms. The Hall–Kier alpha value is -2.60. The number of ether oxygens (including phenoxy) is 2. The van der Waals surface area contributed by atoms with Crippen LogP contribution in [0.5, 0.6) is 11.5 Å². The van der Waals surface area contributed by atoms with Gasteiger partial charge in [-0.05, 0) is 46.3 Å². The van der Waals surface area contributed by atoms with E-state index in [0.29, 0.717) is 26.8 Å². The molecule has 0 radical (unpaired) electrons. The first-order valence-electron chi connectivity index (χ1n) is 7.09. The lowest BCUT2D eigenvalue weighted by Crippen LogP contribution is -2.13. The van der Waals surface area contributed by atoms with Crippen molar-refractivity contribution in [2.75, 3.05) is 7.11 Å². The summed E-state index contributed by atoms with van der Waals surface area (Å²) in [5, 5.41) is 0.352. The first-order chi connectivity index (χ1) is 11.5. The largest absolute Gasteiger partial charge is 0.496 e. The van der Waals surface area contributed by atoms with E-state index < -0.39 is 11.4 Å². The molecule has 5 nitrogen and oxygen atoms in total. The number of carbonyl (C=O) groups excluding carboxylic acids is 1. The summed E-state index contributed by atoms with van der Waals surface area (Å²) in [6.45, 7) is 1.24. The van der Waals surface area contributed by atoms with E-state index in [-0.39, 0.29) is 11.5 Å². The van der Waals surface area contributed by atoms with Gasteiger partial charge in [-0.1, -0.05) is 12.1 Å². The van der Waals surface area contributed by atoms with Crippen LogP contribution in [-0.2, 0) is 4.79 Å². The summed E-state index contributed by atoms with van der Waals surface area (Å²) in [5.74, 6) is 0.109. The van der Waals surface area contributed by atoms with E-state index in [1.807, 2.05) is 0 Å². The Labute approximate surface area is 145 Å². The van der Waals surface area contributed by atoms with E-state index in [4.69, 9.17) is 13.9 Å². The first kappa shape index (κ1) is 16.3. The van der Waals surface area contributed by atoms with Crippen molar-refractivity contribution < 1.29 is 18.7 Å². The maximum absolute atomic E-state index is 12.7. The third-order valence-corrected chi connectivity index (χ3v) is 4.04. The number of benzene rings is 2. The van der Waals surface area contributed by atoms with Gasteiger partial charge in [-0.3, -0.25) is 9.59 Å². The molecule has 24 heavy (non-hydrogen) atoms. The Morgan fingerprint density at radius 2 is 1.92 bits per heavy atom. The van der Waals surface area contributed by atoms with Crippen LogP contribution in [0.2, 0.25) is 0 Å². The van der Waals surface area contributed by atoms with Crippen LogP contribution < -0.4 is 14.9 Å². The molecule has 0 fully saturated rings. The quantitative estimate of drug-likeness (QED) is 0.630. The molecule has 0 aliphatic carbocycles. The molecule has 0 amide bonds. The molecule has 0 saturated carbocycles.